The molecular weight excluding hydrogens is 304 g/mol. The number of aromatic nitrogens is 4. The summed E-state index contributed by atoms with van der Waals surface area (Å²) in [5.41, 5.74) is 0.379. The summed E-state index contributed by atoms with van der Waals surface area (Å²) in [6.07, 6.45) is 1.31. The van der Waals surface area contributed by atoms with Gasteiger partial charge in [0.25, 0.3) is 0 Å². The Kier molecular flexibility index (Phi) is 4.00. The highest BCUT2D eigenvalue weighted by atomic mass is 16.5. The molecule has 0 radical (unpaired) electrons. The molecule has 1 aromatic carbocycles. The van der Waals surface area contributed by atoms with Crippen molar-refractivity contribution in [3.05, 3.63) is 46.6 Å². The molecule has 3 aromatic rings. The lowest BCUT2D eigenvalue weighted by Gasteiger charge is -2.08. The van der Waals surface area contributed by atoms with Gasteiger partial charge in [-0.1, -0.05) is 0 Å². The molecule has 0 spiro atoms. The Morgan fingerprint density at radius 2 is 2.22 bits per heavy atom. The molecule has 0 fully saturated rings. The Morgan fingerprint density at radius 3 is 2.96 bits per heavy atom. The van der Waals surface area contributed by atoms with Crippen LogP contribution in [0.25, 0.3) is 11.0 Å². The van der Waals surface area contributed by atoms with Gasteiger partial charge in [0.1, 0.15) is 30.8 Å². The molecule has 0 aliphatic carbocycles. The van der Waals surface area contributed by atoms with Gasteiger partial charge in [-0.2, -0.15) is 0 Å². The van der Waals surface area contributed by atoms with Crippen molar-refractivity contribution in [2.75, 3.05) is 7.11 Å². The van der Waals surface area contributed by atoms with Crippen molar-refractivity contribution in [1.29, 1.82) is 0 Å². The van der Waals surface area contributed by atoms with Gasteiger partial charge < -0.3 is 13.9 Å². The van der Waals surface area contributed by atoms with E-state index in [1.807, 2.05) is 0 Å². The fourth-order valence-electron chi connectivity index (χ4n) is 2.05. The predicted molar refractivity (Wildman–Crippen MR) is 76.6 cm³/mol. The highest BCUT2D eigenvalue weighted by Gasteiger charge is 2.10. The number of carbonyl (C=O) groups is 1. The number of benzene rings is 1. The monoisotopic (exact) mass is 316 g/mol. The Hall–Kier alpha value is -3.23. The normalized spacial score (nSPS) is 10.7. The quantitative estimate of drug-likeness (QED) is 0.495. The average Bonchev–Trinajstić information content (AvgIpc) is 3.04. The smallest absolute Gasteiger partial charge is 0.336 e. The maximum absolute atomic E-state index is 11.7. The minimum Gasteiger partial charge on any atom is -0.497 e. The number of hydrogen-bond acceptors (Lipinski definition) is 8. The average molecular weight is 316 g/mol. The number of hydrogen-bond donors (Lipinski definition) is 0. The highest BCUT2D eigenvalue weighted by Crippen LogP contribution is 2.22. The molecule has 0 aliphatic rings. The number of tetrazole rings is 1. The van der Waals surface area contributed by atoms with Crippen molar-refractivity contribution in [2.45, 2.75) is 13.2 Å². The molecular formula is C14H12N4O5. The van der Waals surface area contributed by atoms with Crippen LogP contribution in [0.3, 0.4) is 0 Å². The van der Waals surface area contributed by atoms with Gasteiger partial charge in [-0.05, 0) is 22.6 Å². The second-order valence-electron chi connectivity index (χ2n) is 4.62. The number of esters is 1. The minimum atomic E-state index is -0.530. The van der Waals surface area contributed by atoms with Crippen LogP contribution in [0.15, 0.2) is 39.8 Å². The van der Waals surface area contributed by atoms with Crippen LogP contribution in [0.4, 0.5) is 0 Å². The summed E-state index contributed by atoms with van der Waals surface area (Å²) in [5, 5.41) is 11.1. The molecule has 118 valence electrons. The molecule has 0 atom stereocenters. The lowest BCUT2D eigenvalue weighted by molar-refractivity contribution is -0.145. The number of nitrogens with zero attached hydrogens (tertiary/aromatic N) is 4. The first kappa shape index (κ1) is 14.7. The van der Waals surface area contributed by atoms with Gasteiger partial charge in [0, 0.05) is 23.1 Å². The molecule has 2 heterocycles. The van der Waals surface area contributed by atoms with Gasteiger partial charge in [-0.15, -0.1) is 5.10 Å². The second-order valence-corrected chi connectivity index (χ2v) is 4.62. The fraction of sp³-hybridized carbons (Fsp3) is 0.214. The van der Waals surface area contributed by atoms with E-state index >= 15 is 0 Å². The first-order valence-corrected chi connectivity index (χ1v) is 6.63. The third kappa shape index (κ3) is 3.34. The third-order valence-corrected chi connectivity index (χ3v) is 3.11. The number of methoxy groups -OCH3 is 1. The Balaban J connectivity index is 1.79. The van der Waals surface area contributed by atoms with Crippen LogP contribution in [0.1, 0.15) is 5.56 Å². The SMILES string of the molecule is COc1ccc2c(COC(=O)Cn3cnnn3)cc(=O)oc2c1. The molecule has 9 heteroatoms. The van der Waals surface area contributed by atoms with Crippen molar-refractivity contribution in [3.8, 4) is 5.75 Å². The minimum absolute atomic E-state index is 0.0601. The standard InChI is InChI=1S/C14H12N4O5/c1-21-10-2-3-11-9(4-13(19)23-12(11)5-10)7-22-14(20)6-18-8-15-16-17-18/h2-5,8H,6-7H2,1H3. The van der Waals surface area contributed by atoms with Gasteiger partial charge >= 0.3 is 11.6 Å². The van der Waals surface area contributed by atoms with Crippen LogP contribution in [0.5, 0.6) is 5.75 Å². The number of fused-ring (bicyclic) bond motifs is 1. The number of rotatable bonds is 5. The van der Waals surface area contributed by atoms with Gasteiger partial charge in [-0.3, -0.25) is 4.79 Å². The van der Waals surface area contributed by atoms with Crippen LogP contribution in [-0.4, -0.2) is 33.3 Å². The lowest BCUT2D eigenvalue weighted by Crippen LogP contribution is -2.14. The van der Waals surface area contributed by atoms with Crippen molar-refractivity contribution >= 4 is 16.9 Å². The van der Waals surface area contributed by atoms with E-state index < -0.39 is 11.6 Å². The first-order valence-electron chi connectivity index (χ1n) is 6.63. The van der Waals surface area contributed by atoms with E-state index in [9.17, 15) is 9.59 Å². The number of carbonyl (C=O) groups excluding carboxylic acids is 1. The summed E-state index contributed by atoms with van der Waals surface area (Å²) >= 11 is 0. The molecule has 2 aromatic heterocycles. The number of ether oxygens (including phenoxy) is 2. The molecule has 0 N–H and O–H groups in total. The van der Waals surface area contributed by atoms with Gasteiger partial charge in [0.15, 0.2) is 0 Å². The summed E-state index contributed by atoms with van der Waals surface area (Å²) in [7, 11) is 1.52. The van der Waals surface area contributed by atoms with Gasteiger partial charge in [-0.25, -0.2) is 9.48 Å². The van der Waals surface area contributed by atoms with E-state index in [4.69, 9.17) is 13.9 Å². The van der Waals surface area contributed by atoms with Crippen molar-refractivity contribution < 1.29 is 18.7 Å². The molecule has 23 heavy (non-hydrogen) atoms. The summed E-state index contributed by atoms with van der Waals surface area (Å²) in [5.74, 6) is 0.0423. The Labute approximate surface area is 129 Å². The van der Waals surface area contributed by atoms with E-state index in [0.717, 1.165) is 0 Å². The molecule has 0 aliphatic heterocycles. The summed E-state index contributed by atoms with van der Waals surface area (Å²) in [6.45, 7) is -0.171. The summed E-state index contributed by atoms with van der Waals surface area (Å²) in [4.78, 5) is 23.4. The fourth-order valence-corrected chi connectivity index (χ4v) is 2.05. The highest BCUT2D eigenvalue weighted by molar-refractivity contribution is 5.81. The van der Waals surface area contributed by atoms with Gasteiger partial charge in [0.05, 0.1) is 7.11 Å². The lowest BCUT2D eigenvalue weighted by atomic mass is 10.1. The van der Waals surface area contributed by atoms with E-state index in [-0.39, 0.29) is 13.2 Å². The maximum Gasteiger partial charge on any atom is 0.336 e. The predicted octanol–water partition coefficient (Wildman–Crippen LogP) is 0.532. The van der Waals surface area contributed by atoms with Crippen LogP contribution in [0, 0.1) is 0 Å². The third-order valence-electron chi connectivity index (χ3n) is 3.11. The molecule has 0 unspecified atom stereocenters. The Bertz CT molecular complexity index is 888. The summed E-state index contributed by atoms with van der Waals surface area (Å²) < 4.78 is 16.6. The van der Waals surface area contributed by atoms with E-state index in [0.29, 0.717) is 22.3 Å². The van der Waals surface area contributed by atoms with Crippen LogP contribution >= 0.6 is 0 Å². The molecule has 3 rings (SSSR count). The molecule has 0 amide bonds. The second kappa shape index (κ2) is 6.26. The molecule has 9 nitrogen and oxygen atoms in total. The topological polar surface area (TPSA) is 109 Å². The van der Waals surface area contributed by atoms with Crippen molar-refractivity contribution in [3.63, 3.8) is 0 Å². The van der Waals surface area contributed by atoms with E-state index in [2.05, 4.69) is 15.5 Å². The summed E-state index contributed by atoms with van der Waals surface area (Å²) in [6, 6.07) is 6.36. The van der Waals surface area contributed by atoms with Crippen molar-refractivity contribution in [2.24, 2.45) is 0 Å². The van der Waals surface area contributed by atoms with Gasteiger partial charge in [0.2, 0.25) is 0 Å². The first-order chi connectivity index (χ1) is 11.2. The van der Waals surface area contributed by atoms with E-state index in [1.54, 1.807) is 18.2 Å². The zero-order valence-corrected chi connectivity index (χ0v) is 12.1. The zero-order chi connectivity index (χ0) is 16.2. The van der Waals surface area contributed by atoms with Crippen LogP contribution in [-0.2, 0) is 22.7 Å². The van der Waals surface area contributed by atoms with E-state index in [1.165, 1.54) is 24.2 Å². The largest absolute Gasteiger partial charge is 0.497 e. The van der Waals surface area contributed by atoms with Crippen LogP contribution < -0.4 is 10.4 Å². The molecule has 0 bridgehead atoms. The molecule has 0 saturated carbocycles. The maximum atomic E-state index is 11.7. The molecule has 0 saturated heterocycles. The van der Waals surface area contributed by atoms with Crippen molar-refractivity contribution in [1.82, 2.24) is 20.2 Å². The Morgan fingerprint density at radius 1 is 1.35 bits per heavy atom. The zero-order valence-electron chi connectivity index (χ0n) is 12.1. The van der Waals surface area contributed by atoms with Crippen LogP contribution in [0.2, 0.25) is 0 Å².